The summed E-state index contributed by atoms with van der Waals surface area (Å²) >= 11 is 1.60. The molecule has 0 spiro atoms. The van der Waals surface area contributed by atoms with Gasteiger partial charge in [0, 0.05) is 11.6 Å². The van der Waals surface area contributed by atoms with Crippen molar-refractivity contribution in [3.8, 4) is 0 Å². The number of nitrogens with zero attached hydrogens (tertiary/aromatic N) is 1. The predicted molar refractivity (Wildman–Crippen MR) is 85.7 cm³/mol. The Hall–Kier alpha value is -1.34. The van der Waals surface area contributed by atoms with Crippen molar-refractivity contribution in [2.45, 2.75) is 30.5 Å². The monoisotopic (exact) mass is 399 g/mol. The van der Waals surface area contributed by atoms with Crippen LogP contribution in [0.2, 0.25) is 0 Å². The third kappa shape index (κ3) is 4.85. The molecule has 3 aliphatic heterocycles. The molecule has 1 amide bonds. The Morgan fingerprint density at radius 1 is 1.28 bits per heavy atom. The minimum absolute atomic E-state index is 0. The summed E-state index contributed by atoms with van der Waals surface area (Å²) in [5.74, 6) is 0.488. The fourth-order valence-electron chi connectivity index (χ4n) is 2.79. The number of nitrogens with one attached hydrogen (secondary N) is 2. The Kier molecular flexibility index (Phi) is 7.07. The van der Waals surface area contributed by atoms with Gasteiger partial charge in [-0.3, -0.25) is 14.9 Å². The highest BCUT2D eigenvalue weighted by Gasteiger charge is 2.51. The lowest BCUT2D eigenvalue weighted by molar-refractivity contribution is -0.769. The first kappa shape index (κ1) is 20.0. The molecule has 3 rings (SSSR count). The normalized spacial score (nSPS) is 33.2. The van der Waals surface area contributed by atoms with E-state index in [1.165, 1.54) is 0 Å². The molecule has 5 atom stereocenters. The minimum atomic E-state index is -0.899. The van der Waals surface area contributed by atoms with Gasteiger partial charge in [0.1, 0.15) is 18.8 Å². The van der Waals surface area contributed by atoms with Crippen LogP contribution in [0, 0.1) is 10.1 Å². The Balaban J connectivity index is 0.00000225. The van der Waals surface area contributed by atoms with E-state index in [0.717, 1.165) is 0 Å². The molecule has 1 unspecified atom stereocenters. The van der Waals surface area contributed by atoms with E-state index in [1.807, 2.05) is 0 Å². The number of carbonyl (C=O) groups is 2. The van der Waals surface area contributed by atoms with Crippen LogP contribution in [-0.2, 0) is 28.6 Å². The highest BCUT2D eigenvalue weighted by Crippen LogP contribution is 2.30. The first-order valence-electron chi connectivity index (χ1n) is 7.37. The summed E-state index contributed by atoms with van der Waals surface area (Å²) in [4.78, 5) is 38.5. The molecular weight excluding hydrogens is 382 g/mol. The summed E-state index contributed by atoms with van der Waals surface area (Å²) in [6.45, 7) is -0.204. The lowest BCUT2D eigenvalue weighted by atomic mass is 10.1. The molecule has 3 saturated heterocycles. The van der Waals surface area contributed by atoms with E-state index in [4.69, 9.17) is 14.2 Å². The van der Waals surface area contributed by atoms with Crippen LogP contribution >= 0.6 is 24.2 Å². The molecular formula is C12H18ClN3O8S. The zero-order valence-electron chi connectivity index (χ0n) is 13.0. The minimum Gasteiger partial charge on any atom is -0.456 e. The van der Waals surface area contributed by atoms with E-state index in [0.29, 0.717) is 11.6 Å². The Labute approximate surface area is 152 Å². The number of esters is 1. The Bertz CT molecular complexity index is 521. The lowest BCUT2D eigenvalue weighted by Gasteiger charge is -2.17. The van der Waals surface area contributed by atoms with Crippen molar-refractivity contribution in [3.05, 3.63) is 10.1 Å². The van der Waals surface area contributed by atoms with Crippen molar-refractivity contribution in [1.29, 1.82) is 0 Å². The molecule has 25 heavy (non-hydrogen) atoms. The van der Waals surface area contributed by atoms with Gasteiger partial charge in [-0.05, 0) is 0 Å². The van der Waals surface area contributed by atoms with Gasteiger partial charge in [-0.25, -0.2) is 0 Å². The van der Waals surface area contributed by atoms with E-state index in [2.05, 4.69) is 15.5 Å². The Morgan fingerprint density at radius 3 is 2.60 bits per heavy atom. The molecule has 3 fully saturated rings. The number of amides is 1. The fraction of sp³-hybridized carbons (Fsp3) is 0.833. The number of ether oxygens (including phenoxy) is 3. The van der Waals surface area contributed by atoms with Gasteiger partial charge in [0.25, 0.3) is 5.09 Å². The van der Waals surface area contributed by atoms with Crippen LogP contribution in [0.4, 0.5) is 0 Å². The first-order chi connectivity index (χ1) is 11.5. The molecule has 3 aliphatic rings. The standard InChI is InChI=1S/C12H17N3O8S.ClH/c16-9(1-13-12(17)6-4-24-5-14-6)22-7-2-20-11-8(23-15(18)19)3-21-10(7)11;/h6-8,10-11,14H,1-5H2,(H,13,17);1H/t6?,7-,8+,10+,11+;/m0./s1. The first-order valence-corrected chi connectivity index (χ1v) is 8.53. The maximum atomic E-state index is 11.9. The smallest absolute Gasteiger partial charge is 0.325 e. The van der Waals surface area contributed by atoms with E-state index in [1.54, 1.807) is 11.8 Å². The van der Waals surface area contributed by atoms with Crippen LogP contribution in [0.25, 0.3) is 0 Å². The Morgan fingerprint density at radius 2 is 1.96 bits per heavy atom. The van der Waals surface area contributed by atoms with Crippen LogP contribution in [-0.4, -0.2) is 78.8 Å². The third-order valence-corrected chi connectivity index (χ3v) is 4.85. The summed E-state index contributed by atoms with van der Waals surface area (Å²) in [5, 5.41) is 15.0. The van der Waals surface area contributed by atoms with Crippen molar-refractivity contribution in [2.75, 3.05) is 31.4 Å². The van der Waals surface area contributed by atoms with Crippen molar-refractivity contribution in [3.63, 3.8) is 0 Å². The largest absolute Gasteiger partial charge is 0.456 e. The van der Waals surface area contributed by atoms with E-state index < -0.39 is 35.5 Å². The number of hydrogen-bond acceptors (Lipinski definition) is 10. The van der Waals surface area contributed by atoms with Crippen molar-refractivity contribution in [1.82, 2.24) is 10.6 Å². The number of thioether (sulfide) groups is 1. The summed E-state index contributed by atoms with van der Waals surface area (Å²) in [7, 11) is 0. The zero-order valence-corrected chi connectivity index (χ0v) is 14.6. The second-order valence-electron chi connectivity index (χ2n) is 5.48. The van der Waals surface area contributed by atoms with Crippen LogP contribution < -0.4 is 10.6 Å². The zero-order chi connectivity index (χ0) is 17.1. The topological polar surface area (TPSA) is 138 Å². The van der Waals surface area contributed by atoms with Gasteiger partial charge in [0.2, 0.25) is 5.91 Å². The average Bonchev–Trinajstić information content (AvgIpc) is 3.25. The lowest BCUT2D eigenvalue weighted by Crippen LogP contribution is -2.45. The van der Waals surface area contributed by atoms with E-state index in [-0.39, 0.29) is 44.1 Å². The molecule has 0 aromatic rings. The highest BCUT2D eigenvalue weighted by atomic mass is 35.5. The third-order valence-electron chi connectivity index (χ3n) is 3.91. The summed E-state index contributed by atoms with van der Waals surface area (Å²) in [5.41, 5.74) is 0. The van der Waals surface area contributed by atoms with Gasteiger partial charge in [-0.15, -0.1) is 34.3 Å². The molecule has 0 aromatic carbocycles. The second-order valence-corrected chi connectivity index (χ2v) is 6.51. The molecule has 2 N–H and O–H groups in total. The molecule has 0 radical (unpaired) electrons. The van der Waals surface area contributed by atoms with Crippen molar-refractivity contribution < 1.29 is 33.7 Å². The van der Waals surface area contributed by atoms with Gasteiger partial charge in [0.15, 0.2) is 12.2 Å². The van der Waals surface area contributed by atoms with Crippen molar-refractivity contribution >= 4 is 36.0 Å². The summed E-state index contributed by atoms with van der Waals surface area (Å²) in [6.07, 6.45) is -2.77. The second kappa shape index (κ2) is 8.85. The quantitative estimate of drug-likeness (QED) is 0.307. The van der Waals surface area contributed by atoms with Gasteiger partial charge in [-0.1, -0.05) is 0 Å². The molecule has 11 nitrogen and oxygen atoms in total. The molecule has 0 aliphatic carbocycles. The number of hydrogen-bond donors (Lipinski definition) is 2. The fourth-order valence-corrected chi connectivity index (χ4v) is 3.73. The van der Waals surface area contributed by atoms with Gasteiger partial charge >= 0.3 is 5.97 Å². The van der Waals surface area contributed by atoms with Crippen LogP contribution in [0.1, 0.15) is 0 Å². The van der Waals surface area contributed by atoms with Crippen LogP contribution in [0.5, 0.6) is 0 Å². The molecule has 142 valence electrons. The molecule has 0 bridgehead atoms. The SMILES string of the molecule is Cl.O=C(CNC(=O)C1CSCN1)O[C@H]1CO[C@H]2[C@@H]1OC[C@H]2O[N+](=O)[O-]. The molecule has 0 aromatic heterocycles. The van der Waals surface area contributed by atoms with Gasteiger partial charge in [-0.2, -0.15) is 0 Å². The number of halogens is 1. The van der Waals surface area contributed by atoms with Gasteiger partial charge < -0.3 is 24.4 Å². The highest BCUT2D eigenvalue weighted by molar-refractivity contribution is 7.99. The summed E-state index contributed by atoms with van der Waals surface area (Å²) < 4.78 is 16.0. The van der Waals surface area contributed by atoms with Crippen LogP contribution in [0.3, 0.4) is 0 Å². The van der Waals surface area contributed by atoms with Crippen molar-refractivity contribution in [2.24, 2.45) is 0 Å². The number of fused-ring (bicyclic) bond motifs is 1. The molecule has 13 heteroatoms. The van der Waals surface area contributed by atoms with E-state index >= 15 is 0 Å². The average molecular weight is 400 g/mol. The maximum absolute atomic E-state index is 11.9. The number of rotatable bonds is 6. The van der Waals surface area contributed by atoms with E-state index in [9.17, 15) is 19.7 Å². The maximum Gasteiger partial charge on any atom is 0.325 e. The van der Waals surface area contributed by atoms with Gasteiger partial charge in [0.05, 0.1) is 19.3 Å². The summed E-state index contributed by atoms with van der Waals surface area (Å²) in [6, 6.07) is -0.305. The molecule has 3 heterocycles. The van der Waals surface area contributed by atoms with Crippen LogP contribution in [0.15, 0.2) is 0 Å². The number of carbonyl (C=O) groups excluding carboxylic acids is 2. The predicted octanol–water partition coefficient (Wildman–Crippen LogP) is -1.53. The molecule has 0 saturated carbocycles.